The first-order valence-electron chi connectivity index (χ1n) is 11.9. The molecule has 1 unspecified atom stereocenters. The lowest BCUT2D eigenvalue weighted by Crippen LogP contribution is -2.00. The summed E-state index contributed by atoms with van der Waals surface area (Å²) in [5.41, 5.74) is 6.54. The van der Waals surface area contributed by atoms with Gasteiger partial charge < -0.3 is 0 Å². The minimum atomic E-state index is 0.197. The Hall–Kier alpha value is -3.82. The van der Waals surface area contributed by atoms with Crippen molar-refractivity contribution in [2.45, 2.75) is 25.1 Å². The van der Waals surface area contributed by atoms with Gasteiger partial charge in [0.2, 0.25) is 0 Å². The van der Waals surface area contributed by atoms with E-state index in [-0.39, 0.29) is 5.38 Å². The van der Waals surface area contributed by atoms with E-state index in [1.54, 1.807) is 0 Å². The summed E-state index contributed by atoms with van der Waals surface area (Å²) in [5, 5.41) is 0.197. The van der Waals surface area contributed by atoms with Crippen LogP contribution in [0.25, 0.3) is 45.3 Å². The van der Waals surface area contributed by atoms with E-state index in [9.17, 15) is 0 Å². The van der Waals surface area contributed by atoms with Gasteiger partial charge in [-0.3, -0.25) is 0 Å². The molecule has 5 aromatic rings. The smallest absolute Gasteiger partial charge is 0.164 e. The van der Waals surface area contributed by atoms with Gasteiger partial charge in [0, 0.05) is 22.1 Å². The molecule has 4 aromatic carbocycles. The number of alkyl halides is 1. The molecule has 0 saturated carbocycles. The molecule has 0 saturated heterocycles. The van der Waals surface area contributed by atoms with E-state index in [4.69, 9.17) is 26.6 Å². The maximum Gasteiger partial charge on any atom is 0.164 e. The Kier molecular flexibility index (Phi) is 6.97. The van der Waals surface area contributed by atoms with Gasteiger partial charge in [-0.15, -0.1) is 11.6 Å². The quantitative estimate of drug-likeness (QED) is 0.223. The van der Waals surface area contributed by atoms with Crippen molar-refractivity contribution in [1.82, 2.24) is 15.0 Å². The molecule has 4 heteroatoms. The third-order valence-electron chi connectivity index (χ3n) is 5.96. The third kappa shape index (κ3) is 5.64. The molecule has 1 aromatic heterocycles. The topological polar surface area (TPSA) is 38.7 Å². The maximum absolute atomic E-state index is 6.10. The summed E-state index contributed by atoms with van der Waals surface area (Å²) in [7, 11) is 0. The number of aryl methyl sites for hydroxylation is 1. The SMILES string of the molecule is CC(Cl)CCc1ccc(-c2ccc(-c3nc(-c4ccccc4)nc(-c4ccccc4)n3)cc2)cc1. The largest absolute Gasteiger partial charge is 0.208 e. The number of aromatic nitrogens is 3. The Morgan fingerprint density at radius 2 is 0.886 bits per heavy atom. The van der Waals surface area contributed by atoms with Gasteiger partial charge in [0.05, 0.1) is 0 Å². The van der Waals surface area contributed by atoms with Crippen LogP contribution in [0.2, 0.25) is 0 Å². The molecular weight excluding hydrogens is 450 g/mol. The van der Waals surface area contributed by atoms with Crippen LogP contribution >= 0.6 is 11.6 Å². The number of benzene rings is 4. The lowest BCUT2D eigenvalue weighted by Gasteiger charge is -2.09. The highest BCUT2D eigenvalue weighted by Gasteiger charge is 2.12. The van der Waals surface area contributed by atoms with Gasteiger partial charge >= 0.3 is 0 Å². The maximum atomic E-state index is 6.10. The van der Waals surface area contributed by atoms with Gasteiger partial charge in [-0.1, -0.05) is 109 Å². The van der Waals surface area contributed by atoms with Crippen LogP contribution < -0.4 is 0 Å². The Labute approximate surface area is 211 Å². The second kappa shape index (κ2) is 10.6. The molecule has 0 amide bonds. The molecular formula is C31H26ClN3. The minimum Gasteiger partial charge on any atom is -0.208 e. The number of hydrogen-bond acceptors (Lipinski definition) is 3. The van der Waals surface area contributed by atoms with Gasteiger partial charge in [-0.25, -0.2) is 15.0 Å². The molecule has 0 bridgehead atoms. The molecule has 1 heterocycles. The second-order valence-electron chi connectivity index (χ2n) is 8.63. The normalized spacial score (nSPS) is 11.8. The standard InChI is InChI=1S/C31H26ClN3/c1-22(32)12-13-23-14-16-24(17-15-23)25-18-20-28(21-19-25)31-34-29(26-8-4-2-5-9-26)33-30(35-31)27-10-6-3-7-11-27/h2-11,14-22H,12-13H2,1H3. The summed E-state index contributed by atoms with van der Waals surface area (Å²) in [6, 6.07) is 37.2. The Bertz CT molecular complexity index is 1320. The van der Waals surface area contributed by atoms with E-state index in [1.165, 1.54) is 11.1 Å². The highest BCUT2D eigenvalue weighted by molar-refractivity contribution is 6.20. The van der Waals surface area contributed by atoms with Crippen LogP contribution in [0.1, 0.15) is 18.9 Å². The van der Waals surface area contributed by atoms with Crippen molar-refractivity contribution in [3.05, 3.63) is 115 Å². The number of rotatable bonds is 7. The first kappa shape index (κ1) is 22.9. The zero-order valence-corrected chi connectivity index (χ0v) is 20.4. The zero-order chi connectivity index (χ0) is 24.0. The van der Waals surface area contributed by atoms with Crippen LogP contribution in [-0.2, 0) is 6.42 Å². The lowest BCUT2D eigenvalue weighted by atomic mass is 10.0. The van der Waals surface area contributed by atoms with Crippen molar-refractivity contribution in [1.29, 1.82) is 0 Å². The molecule has 1 atom stereocenters. The average Bonchev–Trinajstić information content (AvgIpc) is 2.93. The van der Waals surface area contributed by atoms with Crippen LogP contribution in [0.4, 0.5) is 0 Å². The number of halogens is 1. The average molecular weight is 476 g/mol. The molecule has 0 radical (unpaired) electrons. The fourth-order valence-corrected chi connectivity index (χ4v) is 4.09. The monoisotopic (exact) mass is 475 g/mol. The highest BCUT2D eigenvalue weighted by Crippen LogP contribution is 2.27. The van der Waals surface area contributed by atoms with Crippen molar-refractivity contribution in [2.24, 2.45) is 0 Å². The number of nitrogens with zero attached hydrogens (tertiary/aromatic N) is 3. The van der Waals surface area contributed by atoms with Crippen molar-refractivity contribution in [3.63, 3.8) is 0 Å². The molecule has 5 rings (SSSR count). The summed E-state index contributed by atoms with van der Waals surface area (Å²) in [5.74, 6) is 2.00. The molecule has 0 N–H and O–H groups in total. The van der Waals surface area contributed by atoms with E-state index in [2.05, 4.69) is 48.5 Å². The second-order valence-corrected chi connectivity index (χ2v) is 9.38. The van der Waals surface area contributed by atoms with E-state index < -0.39 is 0 Å². The summed E-state index contributed by atoms with van der Waals surface area (Å²) in [4.78, 5) is 14.4. The highest BCUT2D eigenvalue weighted by atomic mass is 35.5. The third-order valence-corrected chi connectivity index (χ3v) is 6.18. The van der Waals surface area contributed by atoms with Crippen molar-refractivity contribution < 1.29 is 0 Å². The summed E-state index contributed by atoms with van der Waals surface area (Å²) >= 11 is 6.10. The Morgan fingerprint density at radius 3 is 1.31 bits per heavy atom. The molecule has 0 aliphatic heterocycles. The fourth-order valence-electron chi connectivity index (χ4n) is 3.98. The van der Waals surface area contributed by atoms with E-state index in [0.29, 0.717) is 17.5 Å². The van der Waals surface area contributed by atoms with Crippen LogP contribution in [-0.4, -0.2) is 20.3 Å². The number of hydrogen-bond donors (Lipinski definition) is 0. The molecule has 172 valence electrons. The predicted molar refractivity (Wildman–Crippen MR) is 145 cm³/mol. The Balaban J connectivity index is 1.46. The first-order valence-corrected chi connectivity index (χ1v) is 12.3. The van der Waals surface area contributed by atoms with Crippen molar-refractivity contribution >= 4 is 11.6 Å². The van der Waals surface area contributed by atoms with Gasteiger partial charge in [0.1, 0.15) is 0 Å². The minimum absolute atomic E-state index is 0.197. The Morgan fingerprint density at radius 1 is 0.514 bits per heavy atom. The van der Waals surface area contributed by atoms with Crippen LogP contribution in [0.15, 0.2) is 109 Å². The summed E-state index contributed by atoms with van der Waals surface area (Å²) < 4.78 is 0. The van der Waals surface area contributed by atoms with Gasteiger partial charge in [0.25, 0.3) is 0 Å². The molecule has 3 nitrogen and oxygen atoms in total. The van der Waals surface area contributed by atoms with Crippen LogP contribution in [0.3, 0.4) is 0 Å². The predicted octanol–water partition coefficient (Wildman–Crippen LogP) is 8.10. The van der Waals surface area contributed by atoms with E-state index in [0.717, 1.165) is 35.1 Å². The molecule has 0 fully saturated rings. The van der Waals surface area contributed by atoms with E-state index >= 15 is 0 Å². The first-order chi connectivity index (χ1) is 17.2. The van der Waals surface area contributed by atoms with Gasteiger partial charge in [-0.2, -0.15) is 0 Å². The lowest BCUT2D eigenvalue weighted by molar-refractivity contribution is 0.803. The molecule has 0 aliphatic rings. The van der Waals surface area contributed by atoms with Crippen molar-refractivity contribution in [2.75, 3.05) is 0 Å². The van der Waals surface area contributed by atoms with Crippen molar-refractivity contribution in [3.8, 4) is 45.3 Å². The van der Waals surface area contributed by atoms with Gasteiger partial charge in [0.15, 0.2) is 17.5 Å². The van der Waals surface area contributed by atoms with Gasteiger partial charge in [-0.05, 0) is 36.5 Å². The fraction of sp³-hybridized carbons (Fsp3) is 0.129. The molecule has 35 heavy (non-hydrogen) atoms. The van der Waals surface area contributed by atoms with Crippen LogP contribution in [0, 0.1) is 0 Å². The summed E-state index contributed by atoms with van der Waals surface area (Å²) in [6.45, 7) is 2.04. The summed E-state index contributed by atoms with van der Waals surface area (Å²) in [6.07, 6.45) is 1.98. The van der Waals surface area contributed by atoms with Crippen LogP contribution in [0.5, 0.6) is 0 Å². The molecule has 0 aliphatic carbocycles. The van der Waals surface area contributed by atoms with E-state index in [1.807, 2.05) is 67.6 Å². The molecule has 0 spiro atoms. The zero-order valence-electron chi connectivity index (χ0n) is 19.6.